The number of nitrogens with zero attached hydrogens (tertiary/aromatic N) is 2. The van der Waals surface area contributed by atoms with Crippen LogP contribution in [0.25, 0.3) is 10.9 Å². The number of halogens is 4. The minimum Gasteiger partial charge on any atom is -0.477 e. The molecule has 0 radical (unpaired) electrons. The average Bonchev–Trinajstić information content (AvgIpc) is 3.08. The van der Waals surface area contributed by atoms with Crippen molar-refractivity contribution < 1.29 is 32.3 Å². The van der Waals surface area contributed by atoms with E-state index in [1.807, 2.05) is 5.32 Å². The van der Waals surface area contributed by atoms with Crippen molar-refractivity contribution in [3.05, 3.63) is 33.7 Å². The maximum absolute atomic E-state index is 14.8. The van der Waals surface area contributed by atoms with E-state index in [2.05, 4.69) is 0 Å². The number of pyridine rings is 1. The highest BCUT2D eigenvalue weighted by atomic mass is 32.2. The van der Waals surface area contributed by atoms with E-state index in [4.69, 9.17) is 0 Å². The summed E-state index contributed by atoms with van der Waals surface area (Å²) in [6.45, 7) is 1.98. The number of rotatable bonds is 3. The monoisotopic (exact) mass is 445 g/mol. The smallest absolute Gasteiger partial charge is 0.471 e. The molecule has 0 saturated carbocycles. The van der Waals surface area contributed by atoms with Crippen LogP contribution in [0.4, 0.5) is 23.2 Å². The SMILES string of the molecule is CC1Sc2c(C(=O)O)c(=O)c3cc(F)c(N4CCC(NC(=O)C(F)(F)F)C4)cc3n21. The van der Waals surface area contributed by atoms with Crippen LogP contribution in [0.15, 0.2) is 22.0 Å². The van der Waals surface area contributed by atoms with Crippen LogP contribution >= 0.6 is 11.8 Å². The summed E-state index contributed by atoms with van der Waals surface area (Å²) in [5, 5.41) is 11.3. The minimum atomic E-state index is -5.00. The highest BCUT2D eigenvalue weighted by molar-refractivity contribution is 8.00. The quantitative estimate of drug-likeness (QED) is 0.706. The predicted molar refractivity (Wildman–Crippen MR) is 101 cm³/mol. The first-order chi connectivity index (χ1) is 14.0. The fraction of sp³-hybridized carbons (Fsp3) is 0.389. The van der Waals surface area contributed by atoms with Crippen molar-refractivity contribution in [3.63, 3.8) is 0 Å². The molecule has 2 N–H and O–H groups in total. The number of fused-ring (bicyclic) bond motifs is 3. The third-order valence-electron chi connectivity index (χ3n) is 5.21. The number of carboxylic acids is 1. The topological polar surface area (TPSA) is 91.6 Å². The molecule has 160 valence electrons. The predicted octanol–water partition coefficient (Wildman–Crippen LogP) is 2.72. The Morgan fingerprint density at radius 3 is 2.60 bits per heavy atom. The van der Waals surface area contributed by atoms with Crippen LogP contribution in [0.5, 0.6) is 0 Å². The molecule has 3 heterocycles. The number of hydrogen-bond acceptors (Lipinski definition) is 5. The van der Waals surface area contributed by atoms with Crippen LogP contribution in [-0.4, -0.2) is 46.9 Å². The molecular formula is C18H15F4N3O4S. The Hall–Kier alpha value is -2.76. The van der Waals surface area contributed by atoms with E-state index in [9.17, 15) is 37.1 Å². The highest BCUT2D eigenvalue weighted by Gasteiger charge is 2.41. The highest BCUT2D eigenvalue weighted by Crippen LogP contribution is 2.46. The molecule has 1 aromatic carbocycles. The lowest BCUT2D eigenvalue weighted by Crippen LogP contribution is -2.44. The standard InChI is InChI=1S/C18H15F4N3O4S/c1-7-25-11-5-12(24-3-2-8(6-24)23-17(29)18(20,21)22)10(19)4-9(11)14(26)13(16(27)28)15(25)30-7/h4-5,7-8H,2-3,6H2,1H3,(H,23,29)(H,27,28). The van der Waals surface area contributed by atoms with Gasteiger partial charge in [-0.05, 0) is 25.5 Å². The molecule has 1 fully saturated rings. The zero-order chi connectivity index (χ0) is 22.0. The number of benzene rings is 1. The van der Waals surface area contributed by atoms with Gasteiger partial charge in [0.1, 0.15) is 11.4 Å². The molecule has 30 heavy (non-hydrogen) atoms. The van der Waals surface area contributed by atoms with Crippen molar-refractivity contribution in [1.82, 2.24) is 9.88 Å². The van der Waals surface area contributed by atoms with E-state index in [0.29, 0.717) is 5.52 Å². The lowest BCUT2D eigenvalue weighted by molar-refractivity contribution is -0.174. The molecule has 7 nitrogen and oxygen atoms in total. The summed E-state index contributed by atoms with van der Waals surface area (Å²) in [5.74, 6) is -4.23. The second-order valence-electron chi connectivity index (χ2n) is 7.13. The van der Waals surface area contributed by atoms with E-state index in [-0.39, 0.29) is 41.0 Å². The molecule has 12 heteroatoms. The van der Waals surface area contributed by atoms with Crippen molar-refractivity contribution in [2.45, 2.75) is 36.0 Å². The lowest BCUT2D eigenvalue weighted by Gasteiger charge is -2.33. The number of alkyl halides is 3. The van der Waals surface area contributed by atoms with Crippen molar-refractivity contribution >= 4 is 40.2 Å². The number of anilines is 1. The molecule has 0 spiro atoms. The summed E-state index contributed by atoms with van der Waals surface area (Å²) in [6, 6.07) is 1.57. The summed E-state index contributed by atoms with van der Waals surface area (Å²) < 4.78 is 53.8. The third-order valence-corrected chi connectivity index (χ3v) is 6.39. The Kier molecular flexibility index (Phi) is 4.71. The Labute approximate surface area is 170 Å². The van der Waals surface area contributed by atoms with Gasteiger partial charge in [0, 0.05) is 24.5 Å². The third kappa shape index (κ3) is 3.18. The molecule has 1 saturated heterocycles. The Bertz CT molecular complexity index is 1150. The molecule has 1 amide bonds. The van der Waals surface area contributed by atoms with E-state index in [1.165, 1.54) is 22.7 Å². The Morgan fingerprint density at radius 2 is 2.00 bits per heavy atom. The number of thioether (sulfide) groups is 1. The Balaban J connectivity index is 1.71. The number of hydrogen-bond donors (Lipinski definition) is 2. The summed E-state index contributed by atoms with van der Waals surface area (Å²) in [4.78, 5) is 36.7. The molecule has 2 aliphatic heterocycles. The van der Waals surface area contributed by atoms with Gasteiger partial charge in [0.25, 0.3) is 0 Å². The first-order valence-electron chi connectivity index (χ1n) is 8.93. The first kappa shape index (κ1) is 20.5. The zero-order valence-corrected chi connectivity index (χ0v) is 16.2. The molecule has 0 bridgehead atoms. The summed E-state index contributed by atoms with van der Waals surface area (Å²) in [6.07, 6.45) is -4.80. The first-order valence-corrected chi connectivity index (χ1v) is 9.81. The van der Waals surface area contributed by atoms with Gasteiger partial charge < -0.3 is 19.9 Å². The molecule has 1 aromatic heterocycles. The van der Waals surface area contributed by atoms with E-state index in [1.54, 1.807) is 11.5 Å². The number of carbonyl (C=O) groups excluding carboxylic acids is 1. The van der Waals surface area contributed by atoms with Gasteiger partial charge in [-0.3, -0.25) is 9.59 Å². The van der Waals surface area contributed by atoms with Crippen LogP contribution in [0.1, 0.15) is 29.1 Å². The largest absolute Gasteiger partial charge is 0.477 e. The van der Waals surface area contributed by atoms with Crippen LogP contribution in [-0.2, 0) is 4.79 Å². The van der Waals surface area contributed by atoms with Gasteiger partial charge in [-0.2, -0.15) is 13.2 Å². The number of carboxylic acid groups (broad SMARTS) is 1. The van der Waals surface area contributed by atoms with Crippen molar-refractivity contribution in [1.29, 1.82) is 0 Å². The summed E-state index contributed by atoms with van der Waals surface area (Å²) in [7, 11) is 0. The Morgan fingerprint density at radius 1 is 1.30 bits per heavy atom. The van der Waals surface area contributed by atoms with Crippen LogP contribution < -0.4 is 15.6 Å². The fourth-order valence-electron chi connectivity index (χ4n) is 3.83. The van der Waals surface area contributed by atoms with Gasteiger partial charge >= 0.3 is 18.1 Å². The second-order valence-corrected chi connectivity index (χ2v) is 8.43. The van der Waals surface area contributed by atoms with Gasteiger partial charge in [0.2, 0.25) is 5.43 Å². The summed E-state index contributed by atoms with van der Waals surface area (Å²) >= 11 is 1.21. The number of nitrogens with one attached hydrogen (secondary N) is 1. The van der Waals surface area contributed by atoms with Gasteiger partial charge in [0.05, 0.1) is 21.6 Å². The van der Waals surface area contributed by atoms with Gasteiger partial charge in [-0.1, -0.05) is 11.8 Å². The molecule has 2 aliphatic rings. The maximum atomic E-state index is 14.8. The number of aromatic carboxylic acids is 1. The van der Waals surface area contributed by atoms with Crippen LogP contribution in [0, 0.1) is 5.82 Å². The number of amides is 1. The number of carbonyl (C=O) groups is 2. The maximum Gasteiger partial charge on any atom is 0.471 e. The number of aromatic nitrogens is 1. The van der Waals surface area contributed by atoms with Crippen molar-refractivity contribution in [2.75, 3.05) is 18.0 Å². The molecule has 2 aromatic rings. The molecule has 4 rings (SSSR count). The zero-order valence-electron chi connectivity index (χ0n) is 15.4. The van der Waals surface area contributed by atoms with Crippen LogP contribution in [0.3, 0.4) is 0 Å². The normalized spacial score (nSPS) is 20.8. The van der Waals surface area contributed by atoms with Crippen LogP contribution in [0.2, 0.25) is 0 Å². The minimum absolute atomic E-state index is 0.0289. The van der Waals surface area contributed by atoms with Gasteiger partial charge in [-0.15, -0.1) is 0 Å². The van der Waals surface area contributed by atoms with Gasteiger partial charge in [-0.25, -0.2) is 9.18 Å². The molecule has 2 atom stereocenters. The average molecular weight is 445 g/mol. The summed E-state index contributed by atoms with van der Waals surface area (Å²) in [5.41, 5.74) is -0.767. The fourth-order valence-corrected chi connectivity index (χ4v) is 4.99. The van der Waals surface area contributed by atoms with E-state index in [0.717, 1.165) is 6.07 Å². The lowest BCUT2D eigenvalue weighted by atomic mass is 10.1. The van der Waals surface area contributed by atoms with Crippen molar-refractivity contribution in [2.24, 2.45) is 0 Å². The van der Waals surface area contributed by atoms with E-state index < -0.39 is 40.9 Å². The van der Waals surface area contributed by atoms with Gasteiger partial charge in [0.15, 0.2) is 0 Å². The molecule has 0 aliphatic carbocycles. The van der Waals surface area contributed by atoms with Crippen molar-refractivity contribution in [3.8, 4) is 0 Å². The second kappa shape index (κ2) is 6.89. The van der Waals surface area contributed by atoms with E-state index >= 15 is 0 Å². The molecular weight excluding hydrogens is 430 g/mol. The molecule has 2 unspecified atom stereocenters.